The Balaban J connectivity index is 0.000000339. The second-order valence-electron chi connectivity index (χ2n) is 8.09. The van der Waals surface area contributed by atoms with Gasteiger partial charge in [0.25, 0.3) is 5.91 Å². The van der Waals surface area contributed by atoms with Crippen LogP contribution in [0.2, 0.25) is 0 Å². The number of aliphatic carboxylic acids is 1. The second-order valence-corrected chi connectivity index (χ2v) is 8.87. The predicted molar refractivity (Wildman–Crippen MR) is 109 cm³/mol. The molecule has 11 heteroatoms. The van der Waals surface area contributed by atoms with Gasteiger partial charge < -0.3 is 10.0 Å². The van der Waals surface area contributed by atoms with E-state index in [1.54, 1.807) is 11.3 Å². The van der Waals surface area contributed by atoms with Crippen LogP contribution in [-0.4, -0.2) is 68.9 Å². The number of piperidine rings is 1. The molecule has 31 heavy (non-hydrogen) atoms. The van der Waals surface area contributed by atoms with Crippen LogP contribution in [0.25, 0.3) is 0 Å². The van der Waals surface area contributed by atoms with Crippen molar-refractivity contribution in [3.63, 3.8) is 0 Å². The van der Waals surface area contributed by atoms with Crippen molar-refractivity contribution >= 4 is 23.2 Å². The summed E-state index contributed by atoms with van der Waals surface area (Å²) in [5.41, 5.74) is 2.55. The fourth-order valence-corrected chi connectivity index (χ4v) is 4.77. The summed E-state index contributed by atoms with van der Waals surface area (Å²) in [4.78, 5) is 26.0. The molecule has 0 bridgehead atoms. The zero-order chi connectivity index (χ0) is 22.6. The number of hydrogen-bond acceptors (Lipinski definition) is 5. The van der Waals surface area contributed by atoms with Crippen molar-refractivity contribution in [1.29, 1.82) is 0 Å². The maximum absolute atomic E-state index is 12.5. The molecule has 170 valence electrons. The number of carbonyl (C=O) groups is 2. The molecule has 0 radical (unpaired) electrons. The van der Waals surface area contributed by atoms with Gasteiger partial charge in [-0.3, -0.25) is 14.4 Å². The number of rotatable bonds is 3. The minimum Gasteiger partial charge on any atom is -0.475 e. The average Bonchev–Trinajstić information content (AvgIpc) is 3.45. The number of alkyl halides is 3. The van der Waals surface area contributed by atoms with Gasteiger partial charge in [0.15, 0.2) is 0 Å². The van der Waals surface area contributed by atoms with Gasteiger partial charge in [0.2, 0.25) is 0 Å². The molecule has 4 rings (SSSR count). The molecule has 2 aliphatic rings. The van der Waals surface area contributed by atoms with Gasteiger partial charge in [-0.1, -0.05) is 0 Å². The van der Waals surface area contributed by atoms with Crippen LogP contribution < -0.4 is 0 Å². The number of carboxylic acids is 1. The molecule has 0 aromatic carbocycles. The summed E-state index contributed by atoms with van der Waals surface area (Å²) in [7, 11) is 1.97. The van der Waals surface area contributed by atoms with Crippen molar-refractivity contribution in [2.45, 2.75) is 32.0 Å². The molecule has 2 aliphatic heterocycles. The molecule has 7 nitrogen and oxygen atoms in total. The van der Waals surface area contributed by atoms with E-state index in [2.05, 4.69) is 16.2 Å². The molecule has 2 fully saturated rings. The maximum Gasteiger partial charge on any atom is 0.490 e. The van der Waals surface area contributed by atoms with E-state index in [9.17, 15) is 18.0 Å². The molecule has 1 spiro atoms. The second kappa shape index (κ2) is 9.39. The van der Waals surface area contributed by atoms with Gasteiger partial charge in [-0.15, -0.1) is 0 Å². The Hall–Kier alpha value is -2.40. The first-order valence-electron chi connectivity index (χ1n) is 9.89. The van der Waals surface area contributed by atoms with E-state index in [-0.39, 0.29) is 5.91 Å². The first-order chi connectivity index (χ1) is 14.6. The Kier molecular flexibility index (Phi) is 7.05. The number of carboxylic acid groups (broad SMARTS) is 1. The fraction of sp³-hybridized carbons (Fsp3) is 0.550. The van der Waals surface area contributed by atoms with E-state index in [0.29, 0.717) is 5.41 Å². The lowest BCUT2D eigenvalue weighted by Gasteiger charge is -2.39. The lowest BCUT2D eigenvalue weighted by molar-refractivity contribution is -0.192. The first-order valence-corrected chi connectivity index (χ1v) is 10.8. The summed E-state index contributed by atoms with van der Waals surface area (Å²) in [5, 5.41) is 15.3. The molecular weight excluding hydrogens is 433 g/mol. The normalized spacial score (nSPS) is 18.6. The fourth-order valence-electron chi connectivity index (χ4n) is 4.14. The van der Waals surface area contributed by atoms with Gasteiger partial charge in [-0.2, -0.15) is 29.6 Å². The molecule has 0 aliphatic carbocycles. The highest BCUT2D eigenvalue weighted by atomic mass is 32.1. The van der Waals surface area contributed by atoms with Crippen LogP contribution in [0.4, 0.5) is 13.2 Å². The molecule has 2 saturated heterocycles. The summed E-state index contributed by atoms with van der Waals surface area (Å²) >= 11 is 1.59. The Morgan fingerprint density at radius 2 is 1.87 bits per heavy atom. The summed E-state index contributed by atoms with van der Waals surface area (Å²) in [6, 6.07) is 1.93. The summed E-state index contributed by atoms with van der Waals surface area (Å²) < 4.78 is 33.6. The van der Waals surface area contributed by atoms with Gasteiger partial charge in [0, 0.05) is 50.4 Å². The minimum atomic E-state index is -5.08. The highest BCUT2D eigenvalue weighted by Gasteiger charge is 2.41. The molecule has 1 N–H and O–H groups in total. The number of thiophene rings is 1. The maximum atomic E-state index is 12.5. The van der Waals surface area contributed by atoms with Crippen molar-refractivity contribution in [2.75, 3.05) is 26.2 Å². The molecule has 0 saturated carbocycles. The number of likely N-dealkylation sites (tertiary alicyclic amines) is 2. The average molecular weight is 459 g/mol. The standard InChI is InChI=1S/C18H24N4OS.C2HF3O2/c1-20-11-15(10-19-20)12-21-6-3-18(14-21)4-7-22(8-5-18)17(23)16-2-9-24-13-16;3-2(4,5)1(6)7/h2,9-11,13H,3-8,12,14H2,1H3;(H,6,7). The van der Waals surface area contributed by atoms with E-state index in [4.69, 9.17) is 9.90 Å². The Bertz CT molecular complexity index is 890. The van der Waals surface area contributed by atoms with Gasteiger partial charge in [-0.05, 0) is 42.7 Å². The number of hydrogen-bond donors (Lipinski definition) is 1. The van der Waals surface area contributed by atoms with Gasteiger partial charge >= 0.3 is 12.1 Å². The Labute approximate surface area is 182 Å². The van der Waals surface area contributed by atoms with Crippen molar-refractivity contribution in [3.05, 3.63) is 40.3 Å². The topological polar surface area (TPSA) is 78.7 Å². The van der Waals surface area contributed by atoms with E-state index in [0.717, 1.165) is 51.1 Å². The highest BCUT2D eigenvalue weighted by Crippen LogP contribution is 2.41. The Morgan fingerprint density at radius 1 is 1.23 bits per heavy atom. The van der Waals surface area contributed by atoms with Crippen molar-refractivity contribution in [3.8, 4) is 0 Å². The van der Waals surface area contributed by atoms with Gasteiger partial charge in [-0.25, -0.2) is 4.79 Å². The van der Waals surface area contributed by atoms with Crippen LogP contribution in [0.5, 0.6) is 0 Å². The largest absolute Gasteiger partial charge is 0.490 e. The minimum absolute atomic E-state index is 0.205. The third-order valence-electron chi connectivity index (χ3n) is 5.80. The SMILES string of the molecule is Cn1cc(CN2CCC3(CCN(C(=O)c4ccsc4)CC3)C2)cn1.O=C(O)C(F)(F)F. The third kappa shape index (κ3) is 6.07. The molecule has 0 atom stereocenters. The predicted octanol–water partition coefficient (Wildman–Crippen LogP) is 3.24. The Morgan fingerprint density at radius 3 is 2.39 bits per heavy atom. The summed E-state index contributed by atoms with van der Waals surface area (Å²) in [6.45, 7) is 5.10. The van der Waals surface area contributed by atoms with E-state index in [1.807, 2.05) is 39.7 Å². The van der Waals surface area contributed by atoms with Crippen LogP contribution >= 0.6 is 11.3 Å². The number of aryl methyl sites for hydroxylation is 1. The van der Waals surface area contributed by atoms with E-state index >= 15 is 0 Å². The molecule has 2 aromatic heterocycles. The molecule has 0 unspecified atom stereocenters. The summed E-state index contributed by atoms with van der Waals surface area (Å²) in [5.74, 6) is -2.55. The number of nitrogens with zero attached hydrogens (tertiary/aromatic N) is 4. The number of carbonyl (C=O) groups excluding carboxylic acids is 1. The van der Waals surface area contributed by atoms with Gasteiger partial charge in [0.1, 0.15) is 0 Å². The zero-order valence-corrected chi connectivity index (χ0v) is 18.0. The lowest BCUT2D eigenvalue weighted by atomic mass is 9.77. The van der Waals surface area contributed by atoms with Crippen LogP contribution in [0.3, 0.4) is 0 Å². The molecular formula is C20H25F3N4O3S. The van der Waals surface area contributed by atoms with Crippen LogP contribution in [0, 0.1) is 5.41 Å². The van der Waals surface area contributed by atoms with Crippen LogP contribution in [-0.2, 0) is 18.4 Å². The summed E-state index contributed by atoms with van der Waals surface area (Å²) in [6.07, 6.45) is 2.51. The molecule has 2 aromatic rings. The third-order valence-corrected chi connectivity index (χ3v) is 6.49. The number of aromatic nitrogens is 2. The lowest BCUT2D eigenvalue weighted by Crippen LogP contribution is -2.44. The van der Waals surface area contributed by atoms with Crippen LogP contribution in [0.15, 0.2) is 29.2 Å². The number of amides is 1. The monoisotopic (exact) mass is 458 g/mol. The molecule has 1 amide bonds. The number of halogens is 3. The first kappa shape index (κ1) is 23.3. The van der Waals surface area contributed by atoms with E-state index in [1.165, 1.54) is 12.0 Å². The zero-order valence-electron chi connectivity index (χ0n) is 17.1. The quantitative estimate of drug-likeness (QED) is 0.764. The van der Waals surface area contributed by atoms with Crippen LogP contribution in [0.1, 0.15) is 35.2 Å². The van der Waals surface area contributed by atoms with Gasteiger partial charge in [0.05, 0.1) is 11.8 Å². The van der Waals surface area contributed by atoms with Crippen molar-refractivity contribution in [2.24, 2.45) is 12.5 Å². The molecule has 4 heterocycles. The van der Waals surface area contributed by atoms with E-state index < -0.39 is 12.1 Å². The van der Waals surface area contributed by atoms with Crippen molar-refractivity contribution < 1.29 is 27.9 Å². The highest BCUT2D eigenvalue weighted by molar-refractivity contribution is 7.08. The van der Waals surface area contributed by atoms with Crippen molar-refractivity contribution in [1.82, 2.24) is 19.6 Å². The smallest absolute Gasteiger partial charge is 0.475 e.